The molecule has 0 radical (unpaired) electrons. The second-order valence-electron chi connectivity index (χ2n) is 2.99. The summed E-state index contributed by atoms with van der Waals surface area (Å²) in [4.78, 5) is 4.23. The zero-order chi connectivity index (χ0) is 9.52. The van der Waals surface area contributed by atoms with Crippen LogP contribution in [-0.2, 0) is 6.54 Å². The largest absolute Gasteiger partial charge is 0.385 e. The van der Waals surface area contributed by atoms with Crippen LogP contribution >= 0.6 is 0 Å². The number of rotatable bonds is 5. The monoisotopic (exact) mass is 179 g/mol. The lowest BCUT2D eigenvalue weighted by molar-refractivity contribution is 0.791. The van der Waals surface area contributed by atoms with E-state index in [4.69, 9.17) is 0 Å². The number of aromatic nitrogens is 1. The number of nitrogens with zero attached hydrogens (tertiary/aromatic N) is 1. The fourth-order valence-corrected chi connectivity index (χ4v) is 1.14. The lowest BCUT2D eigenvalue weighted by Gasteiger charge is -2.05. The van der Waals surface area contributed by atoms with Gasteiger partial charge in [-0.05, 0) is 25.6 Å². The van der Waals surface area contributed by atoms with E-state index in [1.54, 1.807) is 0 Å². The highest BCUT2D eigenvalue weighted by Crippen LogP contribution is 2.07. The second-order valence-corrected chi connectivity index (χ2v) is 2.99. The van der Waals surface area contributed by atoms with Gasteiger partial charge in [-0.1, -0.05) is 6.92 Å². The molecule has 0 bridgehead atoms. The third-order valence-electron chi connectivity index (χ3n) is 1.75. The summed E-state index contributed by atoms with van der Waals surface area (Å²) in [6, 6.07) is 4.07. The molecule has 0 aliphatic heterocycles. The zero-order valence-electron chi connectivity index (χ0n) is 8.30. The molecule has 0 saturated carbocycles. The summed E-state index contributed by atoms with van der Waals surface area (Å²) in [6.07, 6.45) is 2.98. The zero-order valence-corrected chi connectivity index (χ0v) is 8.30. The summed E-state index contributed by atoms with van der Waals surface area (Å²) in [6.45, 7) is 3.99. The van der Waals surface area contributed by atoms with Crippen LogP contribution in [0.1, 0.15) is 19.0 Å². The summed E-state index contributed by atoms with van der Waals surface area (Å²) >= 11 is 0. The molecule has 3 heteroatoms. The minimum Gasteiger partial charge on any atom is -0.385 e. The third-order valence-corrected chi connectivity index (χ3v) is 1.75. The van der Waals surface area contributed by atoms with Crippen molar-refractivity contribution in [3.63, 3.8) is 0 Å². The predicted octanol–water partition coefficient (Wildman–Crippen LogP) is 1.62. The number of anilines is 1. The van der Waals surface area contributed by atoms with Gasteiger partial charge >= 0.3 is 0 Å². The van der Waals surface area contributed by atoms with Gasteiger partial charge in [0.2, 0.25) is 0 Å². The highest BCUT2D eigenvalue weighted by molar-refractivity contribution is 5.42. The predicted molar refractivity (Wildman–Crippen MR) is 55.8 cm³/mol. The van der Waals surface area contributed by atoms with Crippen molar-refractivity contribution in [2.24, 2.45) is 0 Å². The first kappa shape index (κ1) is 9.99. The molecule has 1 heterocycles. The molecule has 1 aromatic heterocycles. The first-order chi connectivity index (χ1) is 6.36. The topological polar surface area (TPSA) is 37.0 Å². The number of nitrogens with one attached hydrogen (secondary N) is 2. The molecule has 0 unspecified atom stereocenters. The van der Waals surface area contributed by atoms with Crippen LogP contribution in [0.5, 0.6) is 0 Å². The second kappa shape index (κ2) is 5.54. The SMILES string of the molecule is CCCNc1ccnc(CNC)c1. The summed E-state index contributed by atoms with van der Waals surface area (Å²) in [7, 11) is 1.92. The standard InChI is InChI=1S/C10H17N3/c1-3-5-12-9-4-6-13-10(7-9)8-11-2/h4,6-7,11H,3,5,8H2,1-2H3,(H,12,13). The normalized spacial score (nSPS) is 10.0. The van der Waals surface area contributed by atoms with Crippen molar-refractivity contribution in [3.8, 4) is 0 Å². The van der Waals surface area contributed by atoms with Gasteiger partial charge in [-0.25, -0.2) is 0 Å². The van der Waals surface area contributed by atoms with E-state index in [0.29, 0.717) is 0 Å². The molecule has 0 aliphatic rings. The van der Waals surface area contributed by atoms with E-state index >= 15 is 0 Å². The maximum atomic E-state index is 4.23. The van der Waals surface area contributed by atoms with E-state index in [1.807, 2.05) is 19.3 Å². The Hall–Kier alpha value is -1.09. The van der Waals surface area contributed by atoms with E-state index in [-0.39, 0.29) is 0 Å². The van der Waals surface area contributed by atoms with Gasteiger partial charge in [-0.2, -0.15) is 0 Å². The minimum absolute atomic E-state index is 0.821. The van der Waals surface area contributed by atoms with Crippen LogP contribution in [0.2, 0.25) is 0 Å². The molecule has 0 aliphatic carbocycles. The van der Waals surface area contributed by atoms with Gasteiger partial charge < -0.3 is 10.6 Å². The van der Waals surface area contributed by atoms with Crippen LogP contribution in [0.15, 0.2) is 18.3 Å². The van der Waals surface area contributed by atoms with Crippen molar-refractivity contribution in [1.82, 2.24) is 10.3 Å². The van der Waals surface area contributed by atoms with Crippen LogP contribution < -0.4 is 10.6 Å². The fourth-order valence-electron chi connectivity index (χ4n) is 1.14. The van der Waals surface area contributed by atoms with Crippen LogP contribution in [0, 0.1) is 0 Å². The van der Waals surface area contributed by atoms with Crippen molar-refractivity contribution in [1.29, 1.82) is 0 Å². The first-order valence-corrected chi connectivity index (χ1v) is 4.70. The molecule has 1 aromatic rings. The summed E-state index contributed by atoms with van der Waals surface area (Å²) in [5, 5.41) is 6.40. The Bertz CT molecular complexity index is 248. The Balaban J connectivity index is 2.56. The molecule has 0 spiro atoms. The molecule has 1 rings (SSSR count). The average Bonchev–Trinajstić information content (AvgIpc) is 2.16. The summed E-state index contributed by atoms with van der Waals surface area (Å²) < 4.78 is 0. The molecule has 0 fully saturated rings. The first-order valence-electron chi connectivity index (χ1n) is 4.70. The van der Waals surface area contributed by atoms with Gasteiger partial charge in [0.05, 0.1) is 5.69 Å². The molecule has 0 aromatic carbocycles. The van der Waals surface area contributed by atoms with Gasteiger partial charge in [0.25, 0.3) is 0 Å². The van der Waals surface area contributed by atoms with Crippen LogP contribution in [0.3, 0.4) is 0 Å². The Morgan fingerprint density at radius 1 is 1.46 bits per heavy atom. The van der Waals surface area contributed by atoms with Crippen LogP contribution in [-0.4, -0.2) is 18.6 Å². The van der Waals surface area contributed by atoms with Crippen molar-refractivity contribution in [2.45, 2.75) is 19.9 Å². The molecule has 13 heavy (non-hydrogen) atoms. The summed E-state index contributed by atoms with van der Waals surface area (Å²) in [5.41, 5.74) is 2.23. The van der Waals surface area contributed by atoms with Crippen LogP contribution in [0.25, 0.3) is 0 Å². The van der Waals surface area contributed by atoms with E-state index < -0.39 is 0 Å². The molecule has 0 amide bonds. The number of pyridine rings is 1. The van der Waals surface area contributed by atoms with Crippen LogP contribution in [0.4, 0.5) is 5.69 Å². The van der Waals surface area contributed by atoms with Crippen molar-refractivity contribution < 1.29 is 0 Å². The molecule has 72 valence electrons. The Morgan fingerprint density at radius 3 is 3.00 bits per heavy atom. The smallest absolute Gasteiger partial charge is 0.0562 e. The molecule has 2 N–H and O–H groups in total. The molecular formula is C10H17N3. The van der Waals surface area contributed by atoms with Gasteiger partial charge in [0, 0.05) is 25.0 Å². The molecule has 0 saturated heterocycles. The van der Waals surface area contributed by atoms with Crippen molar-refractivity contribution >= 4 is 5.69 Å². The number of hydrogen-bond acceptors (Lipinski definition) is 3. The Kier molecular flexibility index (Phi) is 4.26. The third kappa shape index (κ3) is 3.42. The highest BCUT2D eigenvalue weighted by Gasteiger charge is 1.94. The minimum atomic E-state index is 0.821. The van der Waals surface area contributed by atoms with E-state index in [9.17, 15) is 0 Å². The molecule has 0 atom stereocenters. The van der Waals surface area contributed by atoms with Gasteiger partial charge in [-0.3, -0.25) is 4.98 Å². The molecule has 3 nitrogen and oxygen atoms in total. The number of hydrogen-bond donors (Lipinski definition) is 2. The van der Waals surface area contributed by atoms with Gasteiger partial charge in [0.1, 0.15) is 0 Å². The van der Waals surface area contributed by atoms with Crippen molar-refractivity contribution in [2.75, 3.05) is 18.9 Å². The van der Waals surface area contributed by atoms with E-state index in [2.05, 4.69) is 28.6 Å². The highest BCUT2D eigenvalue weighted by atomic mass is 14.9. The summed E-state index contributed by atoms with van der Waals surface area (Å²) in [5.74, 6) is 0. The lowest BCUT2D eigenvalue weighted by Crippen LogP contribution is -2.07. The quantitative estimate of drug-likeness (QED) is 0.721. The Labute approximate surface area is 79.6 Å². The molecular weight excluding hydrogens is 162 g/mol. The van der Waals surface area contributed by atoms with E-state index in [0.717, 1.165) is 30.9 Å². The maximum absolute atomic E-state index is 4.23. The Morgan fingerprint density at radius 2 is 2.31 bits per heavy atom. The van der Waals surface area contributed by atoms with Gasteiger partial charge in [-0.15, -0.1) is 0 Å². The fraction of sp³-hybridized carbons (Fsp3) is 0.500. The van der Waals surface area contributed by atoms with Gasteiger partial charge in [0.15, 0.2) is 0 Å². The lowest BCUT2D eigenvalue weighted by atomic mass is 10.3. The van der Waals surface area contributed by atoms with Crippen molar-refractivity contribution in [3.05, 3.63) is 24.0 Å². The van der Waals surface area contributed by atoms with E-state index in [1.165, 1.54) is 0 Å². The maximum Gasteiger partial charge on any atom is 0.0562 e. The average molecular weight is 179 g/mol.